The zero-order valence-electron chi connectivity index (χ0n) is 22.1. The molecule has 0 saturated carbocycles. The maximum atomic E-state index is 12.7. The van der Waals surface area contributed by atoms with Gasteiger partial charge in [-0.2, -0.15) is 5.10 Å². The fraction of sp³-hybridized carbons (Fsp3) is 0.226. The first-order valence-electron chi connectivity index (χ1n) is 12.7. The Balaban J connectivity index is 1.47. The van der Waals surface area contributed by atoms with Gasteiger partial charge in [-0.15, -0.1) is 0 Å². The molecule has 0 aliphatic heterocycles. The number of hydrogen-bond acceptors (Lipinski definition) is 4. The molecule has 4 rings (SSSR count). The molecule has 0 fully saturated rings. The van der Waals surface area contributed by atoms with Crippen molar-refractivity contribution < 1.29 is 14.3 Å². The molecular weight excluding hydrogens is 542 g/mol. The van der Waals surface area contributed by atoms with Gasteiger partial charge < -0.3 is 14.0 Å². The van der Waals surface area contributed by atoms with Crippen LogP contribution in [-0.2, 0) is 0 Å². The van der Waals surface area contributed by atoms with E-state index < -0.39 is 0 Å². The Morgan fingerprint density at radius 2 is 1.79 bits per heavy atom. The summed E-state index contributed by atoms with van der Waals surface area (Å²) >= 11 is 3.58. The van der Waals surface area contributed by atoms with E-state index in [1.165, 1.54) is 0 Å². The number of aromatic nitrogens is 1. The van der Waals surface area contributed by atoms with Crippen molar-refractivity contribution in [3.8, 4) is 28.4 Å². The van der Waals surface area contributed by atoms with Gasteiger partial charge in [-0.05, 0) is 103 Å². The van der Waals surface area contributed by atoms with Crippen molar-refractivity contribution in [1.82, 2.24) is 9.99 Å². The van der Waals surface area contributed by atoms with Gasteiger partial charge in [-0.3, -0.25) is 4.79 Å². The second-order valence-electron chi connectivity index (χ2n) is 8.91. The van der Waals surface area contributed by atoms with Crippen molar-refractivity contribution in [2.75, 3.05) is 6.61 Å². The van der Waals surface area contributed by atoms with E-state index in [0.717, 1.165) is 39.1 Å². The van der Waals surface area contributed by atoms with Crippen LogP contribution in [0.2, 0.25) is 0 Å². The summed E-state index contributed by atoms with van der Waals surface area (Å²) in [6.45, 7) is 8.58. The molecule has 196 valence electrons. The molecule has 0 saturated heterocycles. The average molecular weight is 575 g/mol. The predicted octanol–water partition coefficient (Wildman–Crippen LogP) is 7.56. The third-order valence-electron chi connectivity index (χ3n) is 6.14. The smallest absolute Gasteiger partial charge is 0.271 e. The lowest BCUT2D eigenvalue weighted by Crippen LogP contribution is -2.17. The minimum atomic E-state index is -0.291. The second-order valence-corrected chi connectivity index (χ2v) is 9.76. The second kappa shape index (κ2) is 12.6. The Hall–Kier alpha value is -3.84. The monoisotopic (exact) mass is 573 g/mol. The third-order valence-corrected chi connectivity index (χ3v) is 6.73. The molecule has 38 heavy (non-hydrogen) atoms. The first kappa shape index (κ1) is 27.2. The molecule has 1 N–H and O–H groups in total. The maximum Gasteiger partial charge on any atom is 0.271 e. The highest BCUT2D eigenvalue weighted by molar-refractivity contribution is 9.10. The summed E-state index contributed by atoms with van der Waals surface area (Å²) in [4.78, 5) is 12.7. The van der Waals surface area contributed by atoms with Crippen LogP contribution in [0, 0.1) is 6.92 Å². The SMILES string of the molecule is CCOc1cc(/C=N/NC(=O)c2ccc(-n3c(C)ccc3-c3ccccc3)cc2)cc(Br)c1O[C@@H](C)CC. The normalized spacial score (nSPS) is 11.9. The van der Waals surface area contributed by atoms with E-state index in [1.807, 2.05) is 56.3 Å². The minimum Gasteiger partial charge on any atom is -0.490 e. The van der Waals surface area contributed by atoms with Crippen LogP contribution in [0.1, 0.15) is 48.8 Å². The number of nitrogens with zero attached hydrogens (tertiary/aromatic N) is 2. The van der Waals surface area contributed by atoms with Crippen molar-refractivity contribution in [3.05, 3.63) is 100 Å². The Morgan fingerprint density at radius 1 is 1.05 bits per heavy atom. The molecule has 0 spiro atoms. The van der Waals surface area contributed by atoms with Gasteiger partial charge >= 0.3 is 0 Å². The van der Waals surface area contributed by atoms with Crippen LogP contribution >= 0.6 is 15.9 Å². The zero-order valence-corrected chi connectivity index (χ0v) is 23.7. The van der Waals surface area contributed by atoms with Crippen LogP contribution in [0.3, 0.4) is 0 Å². The van der Waals surface area contributed by atoms with Crippen LogP contribution in [0.4, 0.5) is 0 Å². The van der Waals surface area contributed by atoms with E-state index in [1.54, 1.807) is 18.3 Å². The molecule has 3 aromatic carbocycles. The lowest BCUT2D eigenvalue weighted by molar-refractivity contribution is 0.0955. The number of ether oxygens (including phenoxy) is 2. The molecule has 7 heteroatoms. The molecule has 0 unspecified atom stereocenters. The molecule has 0 aliphatic rings. The average Bonchev–Trinajstić information content (AvgIpc) is 3.32. The van der Waals surface area contributed by atoms with E-state index in [2.05, 4.69) is 69.1 Å². The molecule has 1 atom stereocenters. The predicted molar refractivity (Wildman–Crippen MR) is 157 cm³/mol. The Kier molecular flexibility index (Phi) is 9.02. The summed E-state index contributed by atoms with van der Waals surface area (Å²) in [5, 5.41) is 4.16. The summed E-state index contributed by atoms with van der Waals surface area (Å²) in [5.74, 6) is 0.998. The number of carbonyl (C=O) groups is 1. The number of benzene rings is 3. The van der Waals surface area contributed by atoms with Crippen LogP contribution in [0.15, 0.2) is 88.4 Å². The van der Waals surface area contributed by atoms with Crippen LogP contribution in [0.5, 0.6) is 11.5 Å². The minimum absolute atomic E-state index is 0.0575. The first-order chi connectivity index (χ1) is 18.4. The molecule has 1 aromatic heterocycles. The van der Waals surface area contributed by atoms with Gasteiger partial charge in [0.1, 0.15) is 0 Å². The van der Waals surface area contributed by atoms with Crippen molar-refractivity contribution in [1.29, 1.82) is 0 Å². The maximum absolute atomic E-state index is 12.7. The zero-order chi connectivity index (χ0) is 27.1. The number of nitrogens with one attached hydrogen (secondary N) is 1. The van der Waals surface area contributed by atoms with Gasteiger partial charge in [0.2, 0.25) is 0 Å². The van der Waals surface area contributed by atoms with E-state index >= 15 is 0 Å². The van der Waals surface area contributed by atoms with Crippen LogP contribution in [0.25, 0.3) is 16.9 Å². The highest BCUT2D eigenvalue weighted by Gasteiger charge is 2.15. The Labute approximate surface area is 232 Å². The molecule has 0 bridgehead atoms. The molecule has 1 amide bonds. The van der Waals surface area contributed by atoms with Crippen molar-refractivity contribution in [2.45, 2.75) is 40.2 Å². The number of rotatable bonds is 10. The lowest BCUT2D eigenvalue weighted by Gasteiger charge is -2.18. The topological polar surface area (TPSA) is 64.8 Å². The first-order valence-corrected chi connectivity index (χ1v) is 13.5. The summed E-state index contributed by atoms with van der Waals surface area (Å²) in [5.41, 5.74) is 8.23. The van der Waals surface area contributed by atoms with Gasteiger partial charge in [0.25, 0.3) is 5.91 Å². The largest absolute Gasteiger partial charge is 0.490 e. The molecule has 6 nitrogen and oxygen atoms in total. The van der Waals surface area contributed by atoms with Gasteiger partial charge in [0.05, 0.1) is 29.1 Å². The number of hydrogen-bond donors (Lipinski definition) is 1. The highest BCUT2D eigenvalue weighted by Crippen LogP contribution is 2.37. The summed E-state index contributed by atoms with van der Waals surface area (Å²) in [6, 6.07) is 25.7. The highest BCUT2D eigenvalue weighted by atomic mass is 79.9. The van der Waals surface area contributed by atoms with Crippen LogP contribution < -0.4 is 14.9 Å². The van der Waals surface area contributed by atoms with Gasteiger partial charge in [-0.25, -0.2) is 5.43 Å². The van der Waals surface area contributed by atoms with Crippen molar-refractivity contribution in [2.24, 2.45) is 5.10 Å². The standard InChI is InChI=1S/C31H32BrN3O3/c1-5-22(4)38-30-27(32)18-23(19-29(30)37-6-2)20-33-34-31(36)25-13-15-26(16-14-25)35-21(3)12-17-28(35)24-10-8-7-9-11-24/h7-20,22H,5-6H2,1-4H3,(H,34,36)/b33-20+/t22-/m0/s1. The lowest BCUT2D eigenvalue weighted by atomic mass is 10.1. The van der Waals surface area contributed by atoms with Crippen molar-refractivity contribution in [3.63, 3.8) is 0 Å². The van der Waals surface area contributed by atoms with E-state index in [0.29, 0.717) is 23.7 Å². The number of halogens is 1. The molecule has 4 aromatic rings. The van der Waals surface area contributed by atoms with E-state index in [-0.39, 0.29) is 12.0 Å². The number of hydrazone groups is 1. The number of aryl methyl sites for hydroxylation is 1. The quantitative estimate of drug-likeness (QED) is 0.157. The fourth-order valence-corrected chi connectivity index (χ4v) is 4.58. The summed E-state index contributed by atoms with van der Waals surface area (Å²) in [7, 11) is 0. The molecule has 0 aliphatic carbocycles. The van der Waals surface area contributed by atoms with Gasteiger partial charge in [0, 0.05) is 16.9 Å². The third kappa shape index (κ3) is 6.34. The fourth-order valence-electron chi connectivity index (χ4n) is 4.03. The van der Waals surface area contributed by atoms with Gasteiger partial charge in [0.15, 0.2) is 11.5 Å². The number of amides is 1. The van der Waals surface area contributed by atoms with E-state index in [4.69, 9.17) is 9.47 Å². The summed E-state index contributed by atoms with van der Waals surface area (Å²) in [6.07, 6.45) is 2.53. The molecule has 0 radical (unpaired) electrons. The van der Waals surface area contributed by atoms with Crippen LogP contribution in [-0.4, -0.2) is 29.4 Å². The Bertz CT molecular complexity index is 1410. The Morgan fingerprint density at radius 3 is 2.47 bits per heavy atom. The van der Waals surface area contributed by atoms with Gasteiger partial charge in [-0.1, -0.05) is 37.3 Å². The van der Waals surface area contributed by atoms with Crippen molar-refractivity contribution >= 4 is 28.1 Å². The number of carbonyl (C=O) groups excluding carboxylic acids is 1. The van der Waals surface area contributed by atoms with E-state index in [9.17, 15) is 4.79 Å². The molecule has 1 heterocycles. The summed E-state index contributed by atoms with van der Waals surface area (Å²) < 4.78 is 14.7. The molecular formula is C31H32BrN3O3.